The van der Waals surface area contributed by atoms with Gasteiger partial charge in [0.2, 0.25) is 5.88 Å². The number of hydrogen-bond donors (Lipinski definition) is 1. The number of methoxy groups -OCH3 is 2. The van der Waals surface area contributed by atoms with Gasteiger partial charge >= 0.3 is 23.1 Å². The molecule has 0 saturated carbocycles. The topological polar surface area (TPSA) is 128 Å². The molecular formula is C37H54N2O9Si2. The minimum absolute atomic E-state index is 0.0106. The fraction of sp³-hybridized carbons (Fsp3) is 0.541. The van der Waals surface area contributed by atoms with E-state index in [1.165, 1.54) is 6.20 Å². The lowest BCUT2D eigenvalue weighted by atomic mass is 10.0. The average Bonchev–Trinajstić information content (AvgIpc) is 3.09. The number of benzene rings is 2. The maximum Gasteiger partial charge on any atom is 0.335 e. The molecule has 1 aliphatic heterocycles. The van der Waals surface area contributed by atoms with Crippen molar-refractivity contribution in [1.29, 1.82) is 0 Å². The normalized spacial score (nSPS) is 18.9. The third kappa shape index (κ3) is 9.11. The van der Waals surface area contributed by atoms with Gasteiger partial charge in [-0.3, -0.25) is 4.79 Å². The van der Waals surface area contributed by atoms with Gasteiger partial charge in [0.05, 0.1) is 32.5 Å². The Labute approximate surface area is 299 Å². The molecular weight excluding hydrogens is 673 g/mol. The first-order valence-electron chi connectivity index (χ1n) is 17.4. The minimum atomic E-state index is -3.07. The Morgan fingerprint density at radius 2 is 1.30 bits per heavy atom. The second-order valence-electron chi connectivity index (χ2n) is 14.0. The molecule has 11 nitrogen and oxygen atoms in total. The number of ketones is 1. The molecule has 0 amide bonds. The lowest BCUT2D eigenvalue weighted by molar-refractivity contribution is -0.0373. The number of ether oxygens (including phenoxy) is 4. The average molecular weight is 727 g/mol. The van der Waals surface area contributed by atoms with Gasteiger partial charge in [-0.15, -0.1) is 0 Å². The van der Waals surface area contributed by atoms with Crippen molar-refractivity contribution in [3.8, 4) is 23.4 Å². The first kappa shape index (κ1) is 39.4. The number of aromatic nitrogens is 2. The number of rotatable bonds is 15. The summed E-state index contributed by atoms with van der Waals surface area (Å²) in [6.07, 6.45) is -0.650. The van der Waals surface area contributed by atoms with Gasteiger partial charge < -0.3 is 37.0 Å². The molecule has 13 heteroatoms. The molecule has 2 heterocycles. The van der Waals surface area contributed by atoms with E-state index < -0.39 is 29.3 Å². The monoisotopic (exact) mass is 726 g/mol. The van der Waals surface area contributed by atoms with Crippen molar-refractivity contribution < 1.29 is 41.8 Å². The second-order valence-corrected chi connectivity index (χ2v) is 22.8. The number of aliphatic hydroxyl groups excluding tert-OH is 1. The first-order chi connectivity index (χ1) is 23.7. The van der Waals surface area contributed by atoms with Gasteiger partial charge in [0, 0.05) is 12.6 Å². The zero-order valence-electron chi connectivity index (χ0n) is 31.1. The summed E-state index contributed by atoms with van der Waals surface area (Å²) in [4.78, 5) is 23.0. The van der Waals surface area contributed by atoms with E-state index in [2.05, 4.69) is 65.4 Å². The van der Waals surface area contributed by atoms with Crippen LogP contribution < -0.4 is 18.9 Å². The maximum atomic E-state index is 14.1. The number of carbonyl (C=O) groups excluding carboxylic acids is 1. The van der Waals surface area contributed by atoms with Gasteiger partial charge in [-0.25, -0.2) is 4.98 Å². The summed E-state index contributed by atoms with van der Waals surface area (Å²) in [5.41, 5.74) is 2.23. The molecule has 0 unspecified atom stereocenters. The third-order valence-electron chi connectivity index (χ3n) is 9.26. The molecule has 3 aromatic rings. The van der Waals surface area contributed by atoms with Crippen LogP contribution in [-0.4, -0.2) is 71.0 Å². The van der Waals surface area contributed by atoms with E-state index in [4.69, 9.17) is 31.9 Å². The van der Waals surface area contributed by atoms with Crippen LogP contribution in [0.25, 0.3) is 0 Å². The molecule has 0 aliphatic carbocycles. The van der Waals surface area contributed by atoms with Gasteiger partial charge in [-0.1, -0.05) is 79.7 Å². The Hall–Kier alpha value is -3.34. The lowest BCUT2D eigenvalue weighted by Gasteiger charge is -2.51. The highest BCUT2D eigenvalue weighted by atomic mass is 28.5. The predicted molar refractivity (Wildman–Crippen MR) is 195 cm³/mol. The van der Waals surface area contributed by atoms with Crippen molar-refractivity contribution in [1.82, 2.24) is 9.97 Å². The lowest BCUT2D eigenvalue weighted by Crippen LogP contribution is -2.65. The first-order valence-corrected chi connectivity index (χ1v) is 21.3. The van der Waals surface area contributed by atoms with Gasteiger partial charge in [-0.05, 0) is 57.6 Å². The maximum absolute atomic E-state index is 14.1. The zero-order valence-corrected chi connectivity index (χ0v) is 33.1. The van der Waals surface area contributed by atoms with E-state index in [1.807, 2.05) is 48.5 Å². The molecule has 2 atom stereocenters. The van der Waals surface area contributed by atoms with Gasteiger partial charge in [-0.2, -0.15) is 4.98 Å². The fourth-order valence-corrected chi connectivity index (χ4v) is 17.5. The van der Waals surface area contributed by atoms with Crippen molar-refractivity contribution >= 4 is 22.9 Å². The molecule has 0 spiro atoms. The highest BCUT2D eigenvalue weighted by Crippen LogP contribution is 2.46. The van der Waals surface area contributed by atoms with E-state index in [9.17, 15) is 9.90 Å². The smallest absolute Gasteiger partial charge is 0.335 e. The van der Waals surface area contributed by atoms with E-state index in [0.717, 1.165) is 22.6 Å². The summed E-state index contributed by atoms with van der Waals surface area (Å²) < 4.78 is 43.4. The Morgan fingerprint density at radius 1 is 0.800 bits per heavy atom. The molecule has 50 heavy (non-hydrogen) atoms. The number of nitrogens with zero attached hydrogens (tertiary/aromatic N) is 2. The van der Waals surface area contributed by atoms with Crippen LogP contribution in [0.5, 0.6) is 23.4 Å². The van der Waals surface area contributed by atoms with Crippen LogP contribution in [-0.2, 0) is 26.2 Å². The van der Waals surface area contributed by atoms with Crippen LogP contribution in [0.4, 0.5) is 0 Å². The van der Waals surface area contributed by atoms with Gasteiger partial charge in [0.1, 0.15) is 30.8 Å². The van der Waals surface area contributed by atoms with Crippen LogP contribution in [0.15, 0.2) is 54.7 Å². The quantitative estimate of drug-likeness (QED) is 0.123. The molecule has 1 saturated heterocycles. The van der Waals surface area contributed by atoms with E-state index in [-0.39, 0.29) is 71.6 Å². The Balaban J connectivity index is 1.63. The third-order valence-corrected chi connectivity index (χ3v) is 19.5. The molecule has 1 fully saturated rings. The molecule has 0 bridgehead atoms. The SMILES string of the molecule is COc1ccc(COc2ncc(C(=O)C[C@@H]3O[Si](C(C)C)(C(C)C)O[Si](C(C)C)(C(C)C)OC[C@H]3O)c(OCc3ccc(OC)cc3)n2)cc1. The Kier molecular flexibility index (Phi) is 13.6. The van der Waals surface area contributed by atoms with Crippen molar-refractivity contribution in [2.45, 2.75) is 109 Å². The molecule has 4 rings (SSSR count). The highest BCUT2D eigenvalue weighted by molar-refractivity contribution is 6.84. The summed E-state index contributed by atoms with van der Waals surface area (Å²) in [6, 6.07) is 14.9. The fourth-order valence-electron chi connectivity index (χ4n) is 6.29. The summed E-state index contributed by atoms with van der Waals surface area (Å²) >= 11 is 0. The number of carbonyl (C=O) groups is 1. The number of Topliss-reactive ketones (excluding diaryl/α,β-unsaturated/α-hetero) is 1. The van der Waals surface area contributed by atoms with Crippen molar-refractivity contribution in [3.63, 3.8) is 0 Å². The van der Waals surface area contributed by atoms with Crippen LogP contribution in [0.1, 0.15) is 83.3 Å². The summed E-state index contributed by atoms with van der Waals surface area (Å²) in [7, 11) is -2.69. The van der Waals surface area contributed by atoms with Crippen molar-refractivity contribution in [2.24, 2.45) is 0 Å². The van der Waals surface area contributed by atoms with Gasteiger partial charge in [0.25, 0.3) is 0 Å². The van der Waals surface area contributed by atoms with Crippen LogP contribution in [0.2, 0.25) is 22.2 Å². The van der Waals surface area contributed by atoms with Crippen LogP contribution >= 0.6 is 0 Å². The molecule has 274 valence electrons. The van der Waals surface area contributed by atoms with E-state index in [0.29, 0.717) is 0 Å². The number of hydrogen-bond acceptors (Lipinski definition) is 11. The van der Waals surface area contributed by atoms with E-state index in [1.54, 1.807) is 14.2 Å². The van der Waals surface area contributed by atoms with Crippen molar-refractivity contribution in [3.05, 3.63) is 71.4 Å². The molecule has 1 aromatic heterocycles. The highest BCUT2D eigenvalue weighted by Gasteiger charge is 2.58. The largest absolute Gasteiger partial charge is 0.497 e. The molecule has 1 aliphatic rings. The predicted octanol–water partition coefficient (Wildman–Crippen LogP) is 7.54. The Bertz CT molecular complexity index is 1520. The standard InChI is InChI=1S/C37H54N2O9Si2/c1-24(2)49(25(3)4)46-23-34(41)35(47-50(48-49,26(5)6)27(7)8)19-33(40)32-20-38-37(45-22-29-13-17-31(43-10)18-14-29)39-36(32)44-21-28-11-15-30(42-9)16-12-28/h11-18,20,24-27,34-35,41H,19,21-23H2,1-10H3/t34-,35+/m1/s1. The Morgan fingerprint density at radius 3 is 1.78 bits per heavy atom. The minimum Gasteiger partial charge on any atom is -0.497 e. The van der Waals surface area contributed by atoms with Crippen molar-refractivity contribution in [2.75, 3.05) is 20.8 Å². The van der Waals surface area contributed by atoms with E-state index >= 15 is 0 Å². The van der Waals surface area contributed by atoms with Crippen LogP contribution in [0, 0.1) is 0 Å². The van der Waals surface area contributed by atoms with Gasteiger partial charge in [0.15, 0.2) is 5.78 Å². The summed E-state index contributed by atoms with van der Waals surface area (Å²) in [5, 5.41) is 11.6. The molecule has 2 aromatic carbocycles. The molecule has 0 radical (unpaired) electrons. The number of aliphatic hydroxyl groups is 1. The van der Waals surface area contributed by atoms with Crippen LogP contribution in [0.3, 0.4) is 0 Å². The molecule has 1 N–H and O–H groups in total. The second kappa shape index (κ2) is 17.3. The summed E-state index contributed by atoms with van der Waals surface area (Å²) in [6.45, 7) is 17.2. The summed E-state index contributed by atoms with van der Waals surface area (Å²) in [5.74, 6) is 1.19. The zero-order chi connectivity index (χ0) is 36.6.